The van der Waals surface area contributed by atoms with Crippen LogP contribution in [0.15, 0.2) is 27.7 Å². The average Bonchev–Trinajstić information content (AvgIpc) is 2.68. The lowest BCUT2D eigenvalue weighted by molar-refractivity contribution is 0.286. The molecule has 1 aliphatic rings. The molecule has 9 nitrogen and oxygen atoms in total. The van der Waals surface area contributed by atoms with Gasteiger partial charge in [-0.15, -0.1) is 0 Å². The fourth-order valence-corrected chi connectivity index (χ4v) is 3.45. The summed E-state index contributed by atoms with van der Waals surface area (Å²) in [4.78, 5) is 8.87. The number of halogens is 1. The van der Waals surface area contributed by atoms with Crippen LogP contribution in [0, 0.1) is 28.7 Å². The van der Waals surface area contributed by atoms with E-state index < -0.39 is 6.04 Å². The number of pyridine rings is 1. The van der Waals surface area contributed by atoms with Gasteiger partial charge in [0.25, 0.3) is 0 Å². The average molecular weight is 469 g/mol. The van der Waals surface area contributed by atoms with Crippen LogP contribution < -0.4 is 26.8 Å². The summed E-state index contributed by atoms with van der Waals surface area (Å²) in [5.41, 5.74) is 13.7. The van der Waals surface area contributed by atoms with Crippen LogP contribution >= 0.6 is 15.9 Å². The van der Waals surface area contributed by atoms with E-state index in [2.05, 4.69) is 50.4 Å². The van der Waals surface area contributed by atoms with Gasteiger partial charge in [-0.05, 0) is 30.5 Å². The first-order valence-electron chi connectivity index (χ1n) is 9.26. The second-order valence-corrected chi connectivity index (χ2v) is 8.03. The quantitative estimate of drug-likeness (QED) is 0.384. The SMILES string of the molecule is CC(C)CCOc1ccc(Br)cc1C1N=C(NC#N)Nc2nc(N)c(C#N)c(N)c21. The highest BCUT2D eigenvalue weighted by Gasteiger charge is 2.31. The van der Waals surface area contributed by atoms with E-state index in [4.69, 9.17) is 21.5 Å². The van der Waals surface area contributed by atoms with Crippen molar-refractivity contribution in [1.82, 2.24) is 10.3 Å². The molecule has 3 rings (SSSR count). The molecule has 30 heavy (non-hydrogen) atoms. The van der Waals surface area contributed by atoms with Crippen LogP contribution in [0.4, 0.5) is 17.3 Å². The Morgan fingerprint density at radius 2 is 2.10 bits per heavy atom. The van der Waals surface area contributed by atoms with Crippen molar-refractivity contribution in [2.45, 2.75) is 26.3 Å². The Balaban J connectivity index is 2.17. The molecule has 0 bridgehead atoms. The van der Waals surface area contributed by atoms with Gasteiger partial charge in [0.15, 0.2) is 6.19 Å². The Kier molecular flexibility index (Phi) is 6.28. The van der Waals surface area contributed by atoms with Crippen molar-refractivity contribution in [1.29, 1.82) is 10.5 Å². The van der Waals surface area contributed by atoms with Crippen molar-refractivity contribution in [3.63, 3.8) is 0 Å². The molecule has 1 aromatic carbocycles. The number of fused-ring (bicyclic) bond motifs is 1. The Morgan fingerprint density at radius 1 is 1.33 bits per heavy atom. The van der Waals surface area contributed by atoms with Gasteiger partial charge in [0.05, 0.1) is 12.3 Å². The summed E-state index contributed by atoms with van der Waals surface area (Å²) in [6.07, 6.45) is 2.73. The van der Waals surface area contributed by atoms with E-state index in [0.29, 0.717) is 29.7 Å². The first-order chi connectivity index (χ1) is 14.3. The summed E-state index contributed by atoms with van der Waals surface area (Å²) in [5.74, 6) is 1.65. The van der Waals surface area contributed by atoms with Crippen LogP contribution in [-0.2, 0) is 0 Å². The molecule has 2 aromatic rings. The minimum Gasteiger partial charge on any atom is -0.493 e. The highest BCUT2D eigenvalue weighted by atomic mass is 79.9. The summed E-state index contributed by atoms with van der Waals surface area (Å²) in [7, 11) is 0. The molecule has 0 radical (unpaired) electrons. The Hall–Kier alpha value is -3.50. The number of guanidine groups is 1. The molecule has 1 atom stereocenters. The molecule has 0 fully saturated rings. The van der Waals surface area contributed by atoms with Crippen LogP contribution in [0.3, 0.4) is 0 Å². The van der Waals surface area contributed by atoms with Gasteiger partial charge >= 0.3 is 0 Å². The summed E-state index contributed by atoms with van der Waals surface area (Å²) in [6, 6.07) is 6.93. The van der Waals surface area contributed by atoms with Gasteiger partial charge in [0.1, 0.15) is 35.1 Å². The number of hydrogen-bond donors (Lipinski definition) is 4. The third-order valence-electron chi connectivity index (χ3n) is 4.58. The van der Waals surface area contributed by atoms with E-state index in [0.717, 1.165) is 16.5 Å². The standard InChI is InChI=1S/C20H21BrN8O/c1-10(2)5-6-30-14-4-3-11(21)7-12(14)17-15-16(24)13(8-22)18(25)28-19(15)29-20(27-17)26-9-23/h3-4,7,10,17H,5-6H2,1-2H3,(H6,24,25,26,27,28,29). The van der Waals surface area contributed by atoms with E-state index in [1.165, 1.54) is 0 Å². The smallest absolute Gasteiger partial charge is 0.211 e. The first kappa shape index (κ1) is 21.2. The van der Waals surface area contributed by atoms with E-state index >= 15 is 0 Å². The monoisotopic (exact) mass is 468 g/mol. The number of nitrogens with two attached hydrogens (primary N) is 2. The van der Waals surface area contributed by atoms with Gasteiger partial charge in [0, 0.05) is 15.6 Å². The fourth-order valence-electron chi connectivity index (χ4n) is 3.07. The number of nitrogens with one attached hydrogen (secondary N) is 2. The number of aliphatic imine (C=N–C) groups is 1. The van der Waals surface area contributed by atoms with Crippen molar-refractivity contribution in [2.24, 2.45) is 10.9 Å². The number of benzene rings is 1. The lowest BCUT2D eigenvalue weighted by atomic mass is 9.94. The molecular formula is C20H21BrN8O. The van der Waals surface area contributed by atoms with Crippen LogP contribution in [0.5, 0.6) is 5.75 Å². The maximum Gasteiger partial charge on any atom is 0.211 e. The minimum atomic E-state index is -0.663. The van der Waals surface area contributed by atoms with Gasteiger partial charge in [-0.1, -0.05) is 29.8 Å². The molecule has 6 N–H and O–H groups in total. The van der Waals surface area contributed by atoms with Crippen molar-refractivity contribution >= 4 is 39.2 Å². The van der Waals surface area contributed by atoms with Crippen LogP contribution in [-0.4, -0.2) is 17.6 Å². The van der Waals surface area contributed by atoms with Gasteiger partial charge in [-0.3, -0.25) is 5.32 Å². The lowest BCUT2D eigenvalue weighted by Crippen LogP contribution is -2.33. The molecular weight excluding hydrogens is 448 g/mol. The molecule has 0 amide bonds. The maximum atomic E-state index is 9.47. The van der Waals surface area contributed by atoms with Crippen molar-refractivity contribution in [3.05, 3.63) is 39.4 Å². The van der Waals surface area contributed by atoms with Crippen molar-refractivity contribution < 1.29 is 4.74 Å². The molecule has 0 saturated heterocycles. The first-order valence-corrected chi connectivity index (χ1v) is 10.1. The molecule has 1 aromatic heterocycles. The van der Waals surface area contributed by atoms with E-state index in [1.807, 2.05) is 30.5 Å². The summed E-state index contributed by atoms with van der Waals surface area (Å²) < 4.78 is 6.86. The predicted octanol–water partition coefficient (Wildman–Crippen LogP) is 3.25. The number of aromatic nitrogens is 1. The number of rotatable bonds is 5. The Bertz CT molecular complexity index is 1080. The molecule has 1 unspecified atom stereocenters. The van der Waals surface area contributed by atoms with Crippen molar-refractivity contribution in [2.75, 3.05) is 23.4 Å². The molecule has 10 heteroatoms. The zero-order valence-electron chi connectivity index (χ0n) is 16.5. The Morgan fingerprint density at radius 3 is 2.77 bits per heavy atom. The summed E-state index contributed by atoms with van der Waals surface area (Å²) in [5, 5.41) is 23.9. The number of ether oxygens (including phenoxy) is 1. The van der Waals surface area contributed by atoms with Crippen LogP contribution in [0.25, 0.3) is 0 Å². The second kappa shape index (κ2) is 8.89. The number of anilines is 3. The largest absolute Gasteiger partial charge is 0.493 e. The Labute approximate surface area is 182 Å². The maximum absolute atomic E-state index is 9.47. The molecule has 1 aliphatic heterocycles. The number of nitriles is 2. The highest BCUT2D eigenvalue weighted by Crippen LogP contribution is 2.43. The van der Waals surface area contributed by atoms with E-state index in [1.54, 1.807) is 0 Å². The van der Waals surface area contributed by atoms with Gasteiger partial charge in [0.2, 0.25) is 5.96 Å². The zero-order valence-corrected chi connectivity index (χ0v) is 18.1. The third-order valence-corrected chi connectivity index (χ3v) is 5.07. The minimum absolute atomic E-state index is 0.000793. The number of nitrogen functional groups attached to an aromatic ring is 2. The van der Waals surface area contributed by atoms with Gasteiger partial charge in [-0.25, -0.2) is 9.98 Å². The lowest BCUT2D eigenvalue weighted by Gasteiger charge is -2.27. The predicted molar refractivity (Wildman–Crippen MR) is 119 cm³/mol. The third kappa shape index (κ3) is 4.24. The summed E-state index contributed by atoms with van der Waals surface area (Å²) >= 11 is 3.49. The van der Waals surface area contributed by atoms with Crippen molar-refractivity contribution in [3.8, 4) is 18.0 Å². The van der Waals surface area contributed by atoms with E-state index in [-0.39, 0.29) is 23.0 Å². The topological polar surface area (TPSA) is 158 Å². The van der Waals surface area contributed by atoms with Crippen LogP contribution in [0.1, 0.15) is 43.0 Å². The molecule has 0 aliphatic carbocycles. The number of hydrogen-bond acceptors (Lipinski definition) is 9. The highest BCUT2D eigenvalue weighted by molar-refractivity contribution is 9.10. The van der Waals surface area contributed by atoms with Gasteiger partial charge in [-0.2, -0.15) is 10.5 Å². The van der Waals surface area contributed by atoms with Crippen LogP contribution in [0.2, 0.25) is 0 Å². The fraction of sp³-hybridized carbons (Fsp3) is 0.300. The second-order valence-electron chi connectivity index (χ2n) is 7.11. The van der Waals surface area contributed by atoms with Gasteiger partial charge < -0.3 is 21.5 Å². The molecule has 0 saturated carbocycles. The number of nitrogens with zero attached hydrogens (tertiary/aromatic N) is 4. The van der Waals surface area contributed by atoms with E-state index in [9.17, 15) is 5.26 Å². The molecule has 154 valence electrons. The zero-order chi connectivity index (χ0) is 21.8. The molecule has 2 heterocycles. The normalized spacial score (nSPS) is 14.7. The summed E-state index contributed by atoms with van der Waals surface area (Å²) in [6.45, 7) is 4.79. The molecule has 0 spiro atoms.